The van der Waals surface area contributed by atoms with Crippen molar-refractivity contribution < 1.29 is 13.3 Å². The molecule has 1 atom stereocenters. The molecule has 96 valence electrons. The third-order valence-corrected chi connectivity index (χ3v) is 3.11. The van der Waals surface area contributed by atoms with Crippen LogP contribution in [0.25, 0.3) is 11.1 Å². The van der Waals surface area contributed by atoms with Gasteiger partial charge in [-0.15, -0.1) is 5.14 Å². The Hall–Kier alpha value is -1.64. The standard InChI is InChI=1S/C10H10F2N4OS/c11-10(12)16-5-6(4-15-16)8-2-1-7(13)3-9(8)18(14)17/h1-5,10H,13-14H2. The number of hydrogen-bond acceptors (Lipinski definition) is 4. The molecule has 1 aromatic heterocycles. The molecule has 2 rings (SSSR count). The SMILES string of the molecule is Nc1ccc(-c2cnn(C(F)F)c2)c([S+](N)[O-])c1. The third-order valence-electron chi connectivity index (χ3n) is 2.33. The van der Waals surface area contributed by atoms with Gasteiger partial charge < -0.3 is 10.3 Å². The molecule has 0 amide bonds. The summed E-state index contributed by atoms with van der Waals surface area (Å²) in [5.74, 6) is 0. The molecule has 0 aliphatic heterocycles. The van der Waals surface area contributed by atoms with Crippen LogP contribution in [0.2, 0.25) is 0 Å². The van der Waals surface area contributed by atoms with Crippen LogP contribution in [0.15, 0.2) is 35.5 Å². The Morgan fingerprint density at radius 3 is 2.67 bits per heavy atom. The predicted molar refractivity (Wildman–Crippen MR) is 63.9 cm³/mol. The first-order valence-electron chi connectivity index (χ1n) is 4.87. The van der Waals surface area contributed by atoms with Crippen LogP contribution in [0, 0.1) is 0 Å². The number of halogens is 2. The van der Waals surface area contributed by atoms with Gasteiger partial charge in [-0.1, -0.05) is 0 Å². The molecule has 5 nitrogen and oxygen atoms in total. The molecule has 0 aliphatic carbocycles. The van der Waals surface area contributed by atoms with Crippen LogP contribution < -0.4 is 10.9 Å². The topological polar surface area (TPSA) is 92.9 Å². The number of hydrogen-bond donors (Lipinski definition) is 2. The molecule has 0 spiro atoms. The van der Waals surface area contributed by atoms with E-state index < -0.39 is 17.9 Å². The Morgan fingerprint density at radius 2 is 2.11 bits per heavy atom. The summed E-state index contributed by atoms with van der Waals surface area (Å²) in [6.45, 7) is -2.72. The highest BCUT2D eigenvalue weighted by Crippen LogP contribution is 2.28. The van der Waals surface area contributed by atoms with Crippen molar-refractivity contribution in [1.29, 1.82) is 0 Å². The third kappa shape index (κ3) is 2.45. The average molecular weight is 272 g/mol. The molecule has 0 radical (unpaired) electrons. The van der Waals surface area contributed by atoms with E-state index in [-0.39, 0.29) is 4.90 Å². The van der Waals surface area contributed by atoms with Gasteiger partial charge in [-0.3, -0.25) is 0 Å². The zero-order valence-corrected chi connectivity index (χ0v) is 9.90. The maximum Gasteiger partial charge on any atom is 0.333 e. The minimum Gasteiger partial charge on any atom is -0.593 e. The lowest BCUT2D eigenvalue weighted by Crippen LogP contribution is -2.13. The van der Waals surface area contributed by atoms with Crippen LogP contribution in [0.3, 0.4) is 0 Å². The average Bonchev–Trinajstić information content (AvgIpc) is 2.78. The monoisotopic (exact) mass is 272 g/mol. The van der Waals surface area contributed by atoms with Crippen LogP contribution in [0.4, 0.5) is 14.5 Å². The summed E-state index contributed by atoms with van der Waals surface area (Å²) in [7, 11) is 0. The van der Waals surface area contributed by atoms with Gasteiger partial charge in [-0.05, 0) is 12.1 Å². The van der Waals surface area contributed by atoms with Crippen molar-refractivity contribution in [2.24, 2.45) is 5.14 Å². The molecule has 1 aromatic carbocycles. The van der Waals surface area contributed by atoms with E-state index in [4.69, 9.17) is 10.9 Å². The Balaban J connectivity index is 2.49. The summed E-state index contributed by atoms with van der Waals surface area (Å²) in [4.78, 5) is 0.281. The van der Waals surface area contributed by atoms with Crippen LogP contribution in [0.5, 0.6) is 0 Å². The molecule has 18 heavy (non-hydrogen) atoms. The van der Waals surface area contributed by atoms with Crippen LogP contribution in [0.1, 0.15) is 6.55 Å². The second kappa shape index (κ2) is 4.92. The lowest BCUT2D eigenvalue weighted by atomic mass is 10.1. The lowest BCUT2D eigenvalue weighted by molar-refractivity contribution is 0.0566. The van der Waals surface area contributed by atoms with E-state index in [1.54, 1.807) is 12.1 Å². The van der Waals surface area contributed by atoms with Crippen molar-refractivity contribution in [3.63, 3.8) is 0 Å². The molecular formula is C10H10F2N4OS. The van der Waals surface area contributed by atoms with E-state index in [0.717, 1.165) is 6.20 Å². The summed E-state index contributed by atoms with van der Waals surface area (Å²) >= 11 is -1.76. The van der Waals surface area contributed by atoms with Gasteiger partial charge in [0.15, 0.2) is 4.90 Å². The van der Waals surface area contributed by atoms with Gasteiger partial charge in [0.1, 0.15) is 0 Å². The maximum absolute atomic E-state index is 12.4. The van der Waals surface area contributed by atoms with E-state index in [2.05, 4.69) is 5.10 Å². The molecule has 0 saturated heterocycles. The van der Waals surface area contributed by atoms with E-state index in [1.807, 2.05) is 0 Å². The number of anilines is 1. The van der Waals surface area contributed by atoms with E-state index >= 15 is 0 Å². The smallest absolute Gasteiger partial charge is 0.333 e. The first-order chi connectivity index (χ1) is 8.49. The summed E-state index contributed by atoms with van der Waals surface area (Å²) in [6.07, 6.45) is 2.42. The van der Waals surface area contributed by atoms with Crippen molar-refractivity contribution in [1.82, 2.24) is 9.78 Å². The van der Waals surface area contributed by atoms with Gasteiger partial charge in [0.2, 0.25) is 0 Å². The molecule has 0 fully saturated rings. The number of nitrogens with zero attached hydrogens (tertiary/aromatic N) is 2. The highest BCUT2D eigenvalue weighted by atomic mass is 32.2. The summed E-state index contributed by atoms with van der Waals surface area (Å²) in [6, 6.07) is 4.60. The first kappa shape index (κ1) is 12.8. The number of nitrogen functional groups attached to an aromatic ring is 1. The predicted octanol–water partition coefficient (Wildman–Crippen LogP) is 1.51. The number of benzene rings is 1. The Morgan fingerprint density at radius 1 is 1.39 bits per heavy atom. The molecule has 0 aliphatic rings. The zero-order valence-electron chi connectivity index (χ0n) is 9.09. The zero-order chi connectivity index (χ0) is 13.3. The molecule has 1 unspecified atom stereocenters. The van der Waals surface area contributed by atoms with E-state index in [1.165, 1.54) is 12.3 Å². The van der Waals surface area contributed by atoms with Crippen LogP contribution in [-0.4, -0.2) is 14.3 Å². The van der Waals surface area contributed by atoms with Crippen molar-refractivity contribution in [2.45, 2.75) is 11.4 Å². The van der Waals surface area contributed by atoms with Crippen LogP contribution in [-0.2, 0) is 11.4 Å². The van der Waals surface area contributed by atoms with E-state index in [9.17, 15) is 13.3 Å². The molecule has 2 aromatic rings. The number of aromatic nitrogens is 2. The molecule has 1 heterocycles. The second-order valence-corrected chi connectivity index (χ2v) is 4.57. The fourth-order valence-corrected chi connectivity index (χ4v) is 2.18. The van der Waals surface area contributed by atoms with Gasteiger partial charge in [0.25, 0.3) is 0 Å². The van der Waals surface area contributed by atoms with Crippen molar-refractivity contribution in [3.05, 3.63) is 30.6 Å². The number of rotatable bonds is 3. The van der Waals surface area contributed by atoms with E-state index in [0.29, 0.717) is 21.5 Å². The lowest BCUT2D eigenvalue weighted by Gasteiger charge is -2.08. The van der Waals surface area contributed by atoms with Crippen LogP contribution >= 0.6 is 0 Å². The Labute approximate surface area is 105 Å². The van der Waals surface area contributed by atoms with Crippen molar-refractivity contribution in [2.75, 3.05) is 5.73 Å². The summed E-state index contributed by atoms with van der Waals surface area (Å²) < 4.78 is 36.7. The molecule has 0 saturated carbocycles. The summed E-state index contributed by atoms with van der Waals surface area (Å²) in [5, 5.41) is 8.84. The fourth-order valence-electron chi connectivity index (χ4n) is 1.53. The normalized spacial score (nSPS) is 12.9. The van der Waals surface area contributed by atoms with Gasteiger partial charge in [-0.2, -0.15) is 13.9 Å². The number of nitrogens with two attached hydrogens (primary N) is 2. The fraction of sp³-hybridized carbons (Fsp3) is 0.100. The van der Waals surface area contributed by atoms with Crippen molar-refractivity contribution >= 4 is 17.0 Å². The first-order valence-corrected chi connectivity index (χ1v) is 6.08. The summed E-state index contributed by atoms with van der Waals surface area (Å²) in [5.41, 5.74) is 6.84. The van der Waals surface area contributed by atoms with Crippen molar-refractivity contribution in [3.8, 4) is 11.1 Å². The number of alkyl halides is 2. The van der Waals surface area contributed by atoms with Gasteiger partial charge in [0.05, 0.1) is 17.6 Å². The van der Waals surface area contributed by atoms with Gasteiger partial charge in [-0.25, -0.2) is 4.68 Å². The van der Waals surface area contributed by atoms with Gasteiger partial charge >= 0.3 is 6.55 Å². The maximum atomic E-state index is 12.4. The highest BCUT2D eigenvalue weighted by molar-refractivity contribution is 7.89. The molecular weight excluding hydrogens is 262 g/mol. The Kier molecular flexibility index (Phi) is 3.50. The van der Waals surface area contributed by atoms with Gasteiger partial charge in [0, 0.05) is 29.1 Å². The largest absolute Gasteiger partial charge is 0.593 e. The molecule has 8 heteroatoms. The quantitative estimate of drug-likeness (QED) is 0.654. The Bertz CT molecular complexity index is 559. The second-order valence-electron chi connectivity index (χ2n) is 3.54. The minimum absolute atomic E-state index is 0.281. The highest BCUT2D eigenvalue weighted by Gasteiger charge is 2.17. The molecule has 0 bridgehead atoms. The molecule has 4 N–H and O–H groups in total. The minimum atomic E-state index is -2.72.